The molecule has 0 spiro atoms. The van der Waals surface area contributed by atoms with E-state index in [1.54, 1.807) is 4.90 Å². The van der Waals surface area contributed by atoms with Crippen LogP contribution in [0.25, 0.3) is 0 Å². The summed E-state index contributed by atoms with van der Waals surface area (Å²) >= 11 is 0. The van der Waals surface area contributed by atoms with E-state index in [1.165, 1.54) is 12.8 Å². The number of hydrogen-bond acceptors (Lipinski definition) is 4. The van der Waals surface area contributed by atoms with Crippen LogP contribution in [0.15, 0.2) is 24.3 Å². The van der Waals surface area contributed by atoms with E-state index in [0.29, 0.717) is 23.5 Å². The molecule has 2 unspecified atom stereocenters. The van der Waals surface area contributed by atoms with Crippen molar-refractivity contribution in [2.24, 2.45) is 0 Å². The summed E-state index contributed by atoms with van der Waals surface area (Å²) in [6.07, 6.45) is 4.43. The Hall–Kier alpha value is -1.79. The number of fused-ring (bicyclic) bond motifs is 3. The molecule has 1 aromatic carbocycles. The molecule has 6 nitrogen and oxygen atoms in total. The minimum Gasteiger partial charge on any atom is -0.482 e. The lowest BCUT2D eigenvalue weighted by atomic mass is 9.98. The van der Waals surface area contributed by atoms with Crippen LogP contribution < -0.4 is 15.0 Å². The summed E-state index contributed by atoms with van der Waals surface area (Å²) in [4.78, 5) is 28.4. The van der Waals surface area contributed by atoms with Crippen molar-refractivity contribution in [3.8, 4) is 5.75 Å². The number of carbonyl (C=O) groups is 2. The molecule has 25 heavy (non-hydrogen) atoms. The number of hydrogen-bond donors (Lipinski definition) is 1. The molecule has 2 amide bonds. The van der Waals surface area contributed by atoms with Gasteiger partial charge in [0.1, 0.15) is 12.3 Å². The maximum Gasteiger partial charge on any atom is 0.265 e. The summed E-state index contributed by atoms with van der Waals surface area (Å²) < 4.78 is 5.44. The first kappa shape index (κ1) is 18.0. The highest BCUT2D eigenvalue weighted by molar-refractivity contribution is 6.02. The first-order valence-corrected chi connectivity index (χ1v) is 8.65. The van der Waals surface area contributed by atoms with Crippen molar-refractivity contribution in [1.29, 1.82) is 0 Å². The van der Waals surface area contributed by atoms with Gasteiger partial charge >= 0.3 is 0 Å². The molecule has 0 saturated carbocycles. The van der Waals surface area contributed by atoms with Gasteiger partial charge in [-0.15, -0.1) is 12.4 Å². The van der Waals surface area contributed by atoms with Gasteiger partial charge in [-0.1, -0.05) is 12.1 Å². The summed E-state index contributed by atoms with van der Waals surface area (Å²) in [5.41, 5.74) is 0.681. The van der Waals surface area contributed by atoms with Crippen LogP contribution in [0.5, 0.6) is 5.75 Å². The second-order valence-electron chi connectivity index (χ2n) is 7.00. The van der Waals surface area contributed by atoms with Gasteiger partial charge in [-0.25, -0.2) is 0 Å². The van der Waals surface area contributed by atoms with E-state index in [-0.39, 0.29) is 43.4 Å². The van der Waals surface area contributed by atoms with E-state index >= 15 is 0 Å². The smallest absolute Gasteiger partial charge is 0.265 e. The maximum atomic E-state index is 12.8. The van der Waals surface area contributed by atoms with Crippen LogP contribution in [-0.2, 0) is 9.59 Å². The van der Waals surface area contributed by atoms with Gasteiger partial charge in [-0.2, -0.15) is 0 Å². The Balaban J connectivity index is 0.00000182. The highest BCUT2D eigenvalue weighted by Gasteiger charge is 2.37. The van der Waals surface area contributed by atoms with E-state index < -0.39 is 0 Å². The number of amides is 2. The predicted molar refractivity (Wildman–Crippen MR) is 97.3 cm³/mol. The zero-order valence-electron chi connectivity index (χ0n) is 14.3. The molecule has 2 bridgehead atoms. The summed E-state index contributed by atoms with van der Waals surface area (Å²) in [5.74, 6) is 0.486. The largest absolute Gasteiger partial charge is 0.482 e. The number of nitrogens with zero attached hydrogens (tertiary/aromatic N) is 2. The lowest BCUT2D eigenvalue weighted by Gasteiger charge is -2.37. The molecule has 2 atom stereocenters. The third kappa shape index (κ3) is 3.46. The number of benzene rings is 1. The van der Waals surface area contributed by atoms with E-state index in [2.05, 4.69) is 5.32 Å². The molecule has 136 valence electrons. The number of nitrogens with one attached hydrogen (secondary N) is 1. The van der Waals surface area contributed by atoms with Crippen molar-refractivity contribution in [3.63, 3.8) is 0 Å². The fourth-order valence-electron chi connectivity index (χ4n) is 4.12. The van der Waals surface area contributed by atoms with E-state index in [1.807, 2.05) is 36.2 Å². The Morgan fingerprint density at radius 3 is 2.68 bits per heavy atom. The fraction of sp³-hybridized carbons (Fsp3) is 0.556. The molecule has 3 aliphatic heterocycles. The minimum absolute atomic E-state index is 0. The van der Waals surface area contributed by atoms with Gasteiger partial charge in [0.25, 0.3) is 5.91 Å². The molecule has 2 fully saturated rings. The first-order chi connectivity index (χ1) is 11.6. The number of ether oxygens (including phenoxy) is 1. The molecule has 1 aromatic rings. The van der Waals surface area contributed by atoms with Gasteiger partial charge < -0.3 is 15.0 Å². The Labute approximate surface area is 153 Å². The molecule has 1 N–H and O–H groups in total. The number of para-hydroxylation sites is 2. The fourth-order valence-corrected chi connectivity index (χ4v) is 4.12. The zero-order valence-corrected chi connectivity index (χ0v) is 15.1. The molecule has 0 radical (unpaired) electrons. The van der Waals surface area contributed by atoms with Crippen molar-refractivity contribution < 1.29 is 14.3 Å². The van der Waals surface area contributed by atoms with Crippen LogP contribution >= 0.6 is 12.4 Å². The molecule has 7 heteroatoms. The summed E-state index contributed by atoms with van der Waals surface area (Å²) in [6.45, 7) is 0.0699. The van der Waals surface area contributed by atoms with Crippen LogP contribution in [0.2, 0.25) is 0 Å². The molecule has 2 saturated heterocycles. The van der Waals surface area contributed by atoms with Crippen LogP contribution in [0.4, 0.5) is 5.69 Å². The van der Waals surface area contributed by atoms with Gasteiger partial charge in [0.2, 0.25) is 5.91 Å². The van der Waals surface area contributed by atoms with Gasteiger partial charge in [0.05, 0.1) is 5.69 Å². The van der Waals surface area contributed by atoms with Crippen LogP contribution in [-0.4, -0.2) is 55.0 Å². The summed E-state index contributed by atoms with van der Waals surface area (Å²) in [7, 11) is 1.87. The topological polar surface area (TPSA) is 61.9 Å². The Kier molecular flexibility index (Phi) is 5.20. The third-order valence-electron chi connectivity index (χ3n) is 5.49. The SMILES string of the molecule is CN(C(=O)CN1C(=O)COc2ccccc21)C1CC2CCC(C1)N2.Cl. The van der Waals surface area contributed by atoms with Crippen molar-refractivity contribution in [2.75, 3.05) is 25.1 Å². The molecule has 3 aliphatic rings. The van der Waals surface area contributed by atoms with Crippen LogP contribution in [0.3, 0.4) is 0 Å². The first-order valence-electron chi connectivity index (χ1n) is 8.65. The van der Waals surface area contributed by atoms with Gasteiger partial charge in [-0.3, -0.25) is 14.5 Å². The highest BCUT2D eigenvalue weighted by atomic mass is 35.5. The van der Waals surface area contributed by atoms with E-state index in [9.17, 15) is 9.59 Å². The number of carbonyl (C=O) groups excluding carboxylic acids is 2. The second-order valence-corrected chi connectivity index (χ2v) is 7.00. The lowest BCUT2D eigenvalue weighted by Crippen LogP contribution is -2.52. The molecule has 3 heterocycles. The van der Waals surface area contributed by atoms with Crippen molar-refractivity contribution in [3.05, 3.63) is 24.3 Å². The van der Waals surface area contributed by atoms with E-state index in [4.69, 9.17) is 4.74 Å². The highest BCUT2D eigenvalue weighted by Crippen LogP contribution is 2.32. The predicted octanol–water partition coefficient (Wildman–Crippen LogP) is 1.58. The van der Waals surface area contributed by atoms with Crippen LogP contribution in [0.1, 0.15) is 25.7 Å². The van der Waals surface area contributed by atoms with Gasteiger partial charge in [0.15, 0.2) is 6.61 Å². The second kappa shape index (κ2) is 7.22. The standard InChI is InChI=1S/C18H23N3O3.ClH/c1-20(14-8-12-6-7-13(9-14)19-12)17(22)10-21-15-4-2-3-5-16(15)24-11-18(21)23;/h2-5,12-14,19H,6-11H2,1H3;1H. The van der Waals surface area contributed by atoms with Crippen LogP contribution in [0, 0.1) is 0 Å². The summed E-state index contributed by atoms with van der Waals surface area (Å²) in [5, 5.41) is 3.60. The summed E-state index contributed by atoms with van der Waals surface area (Å²) in [6, 6.07) is 8.71. The molecular weight excluding hydrogens is 342 g/mol. The average Bonchev–Trinajstić information content (AvgIpc) is 2.94. The number of rotatable bonds is 3. The van der Waals surface area contributed by atoms with Crippen molar-refractivity contribution >= 4 is 29.9 Å². The van der Waals surface area contributed by atoms with Crippen molar-refractivity contribution in [1.82, 2.24) is 10.2 Å². The monoisotopic (exact) mass is 365 g/mol. The normalized spacial score (nSPS) is 27.2. The average molecular weight is 366 g/mol. The third-order valence-corrected chi connectivity index (χ3v) is 5.49. The molecule has 4 rings (SSSR count). The molecule has 0 aromatic heterocycles. The zero-order chi connectivity index (χ0) is 16.7. The Morgan fingerprint density at radius 2 is 1.96 bits per heavy atom. The minimum atomic E-state index is -0.166. The Morgan fingerprint density at radius 1 is 1.28 bits per heavy atom. The van der Waals surface area contributed by atoms with Gasteiger partial charge in [0, 0.05) is 25.2 Å². The van der Waals surface area contributed by atoms with Crippen molar-refractivity contribution in [2.45, 2.75) is 43.8 Å². The molecular formula is C18H24ClN3O3. The van der Waals surface area contributed by atoms with Gasteiger partial charge in [-0.05, 0) is 37.8 Å². The number of halogens is 1. The van der Waals surface area contributed by atoms with E-state index in [0.717, 1.165) is 12.8 Å². The number of piperidine rings is 1. The lowest BCUT2D eigenvalue weighted by molar-refractivity contribution is -0.133. The number of anilines is 1. The maximum absolute atomic E-state index is 12.8. The number of likely N-dealkylation sites (N-methyl/N-ethyl adjacent to an activating group) is 1. The molecule has 0 aliphatic carbocycles. The quantitative estimate of drug-likeness (QED) is 0.883. The Bertz CT molecular complexity index is 657.